The average Bonchev–Trinajstić information content (AvgIpc) is 2.96. The first-order valence-electron chi connectivity index (χ1n) is 8.42. The van der Waals surface area contributed by atoms with Crippen LogP contribution in [0.4, 0.5) is 0 Å². The summed E-state index contributed by atoms with van der Waals surface area (Å²) < 4.78 is 1.81. The highest BCUT2D eigenvalue weighted by Crippen LogP contribution is 2.20. The first-order chi connectivity index (χ1) is 10.9. The quantitative estimate of drug-likeness (QED) is 0.829. The highest BCUT2D eigenvalue weighted by Gasteiger charge is 2.29. The lowest BCUT2D eigenvalue weighted by atomic mass is 9.95. The van der Waals surface area contributed by atoms with Crippen LogP contribution >= 0.6 is 0 Å². The smallest absolute Gasteiger partial charge is 0.225 e. The summed E-state index contributed by atoms with van der Waals surface area (Å²) in [7, 11) is 1.86. The molecule has 1 aliphatic rings. The minimum atomic E-state index is 0.0558. The second-order valence-electron chi connectivity index (χ2n) is 6.73. The van der Waals surface area contributed by atoms with Gasteiger partial charge in [0.2, 0.25) is 11.8 Å². The Morgan fingerprint density at radius 2 is 2.00 bits per heavy atom. The number of carbonyl (C=O) groups excluding carboxylic acids is 2. The molecule has 2 amide bonds. The van der Waals surface area contributed by atoms with Crippen LogP contribution < -0.4 is 0 Å². The number of likely N-dealkylation sites (tertiary alicyclic amines) is 1. The van der Waals surface area contributed by atoms with E-state index in [2.05, 4.69) is 5.10 Å². The predicted molar refractivity (Wildman–Crippen MR) is 88.8 cm³/mol. The molecule has 0 unspecified atom stereocenters. The molecule has 1 saturated heterocycles. The van der Waals surface area contributed by atoms with Crippen LogP contribution in [-0.4, -0.2) is 57.6 Å². The maximum Gasteiger partial charge on any atom is 0.225 e. The van der Waals surface area contributed by atoms with Gasteiger partial charge in [0.25, 0.3) is 0 Å². The van der Waals surface area contributed by atoms with E-state index in [1.54, 1.807) is 10.9 Å². The monoisotopic (exact) mass is 320 g/mol. The fourth-order valence-electron chi connectivity index (χ4n) is 2.88. The molecule has 1 aliphatic heterocycles. The van der Waals surface area contributed by atoms with E-state index in [9.17, 15) is 9.59 Å². The third-order valence-corrected chi connectivity index (χ3v) is 4.64. The summed E-state index contributed by atoms with van der Waals surface area (Å²) in [6.45, 7) is 8.00. The molecule has 1 aromatic rings. The van der Waals surface area contributed by atoms with Crippen LogP contribution in [0.25, 0.3) is 0 Å². The topological polar surface area (TPSA) is 58.4 Å². The molecular weight excluding hydrogens is 292 g/mol. The lowest BCUT2D eigenvalue weighted by Crippen LogP contribution is -2.45. The molecule has 6 heteroatoms. The molecule has 0 radical (unpaired) electrons. The van der Waals surface area contributed by atoms with E-state index in [1.807, 2.05) is 43.8 Å². The molecular formula is C17H28N4O2. The van der Waals surface area contributed by atoms with E-state index in [0.29, 0.717) is 26.1 Å². The zero-order valence-corrected chi connectivity index (χ0v) is 14.7. The summed E-state index contributed by atoms with van der Waals surface area (Å²) in [6.07, 6.45) is 5.74. The molecule has 0 aromatic carbocycles. The number of carbonyl (C=O) groups is 2. The standard InChI is InChI=1S/C17H28N4O2/c1-13(2)19(4)17(23)15-5-8-20(9-6-15)16(22)7-10-21-12-14(3)11-18-21/h11-13,15H,5-10H2,1-4H3. The zero-order chi connectivity index (χ0) is 17.0. The van der Waals surface area contributed by atoms with E-state index in [0.717, 1.165) is 18.4 Å². The van der Waals surface area contributed by atoms with Crippen LogP contribution in [-0.2, 0) is 16.1 Å². The van der Waals surface area contributed by atoms with Gasteiger partial charge in [-0.3, -0.25) is 14.3 Å². The van der Waals surface area contributed by atoms with Crippen LogP contribution in [0.15, 0.2) is 12.4 Å². The third-order valence-electron chi connectivity index (χ3n) is 4.64. The van der Waals surface area contributed by atoms with Crippen LogP contribution in [0.1, 0.15) is 38.7 Å². The zero-order valence-electron chi connectivity index (χ0n) is 14.7. The lowest BCUT2D eigenvalue weighted by Gasteiger charge is -2.34. The van der Waals surface area contributed by atoms with Crippen LogP contribution in [0.2, 0.25) is 0 Å². The summed E-state index contributed by atoms with van der Waals surface area (Å²) >= 11 is 0. The van der Waals surface area contributed by atoms with Gasteiger partial charge in [-0.1, -0.05) is 0 Å². The summed E-state index contributed by atoms with van der Waals surface area (Å²) in [5, 5.41) is 4.20. The molecule has 0 atom stereocenters. The number of aryl methyl sites for hydroxylation is 2. The molecule has 2 heterocycles. The van der Waals surface area contributed by atoms with E-state index < -0.39 is 0 Å². The normalized spacial score (nSPS) is 16.0. The first kappa shape index (κ1) is 17.5. The number of hydrogen-bond donors (Lipinski definition) is 0. The van der Waals surface area contributed by atoms with E-state index in [4.69, 9.17) is 0 Å². The predicted octanol–water partition coefficient (Wildman–Crippen LogP) is 1.69. The highest BCUT2D eigenvalue weighted by atomic mass is 16.2. The Kier molecular flexibility index (Phi) is 5.80. The van der Waals surface area contributed by atoms with Crippen molar-refractivity contribution < 1.29 is 9.59 Å². The van der Waals surface area contributed by atoms with Crippen molar-refractivity contribution in [3.8, 4) is 0 Å². The molecule has 128 valence electrons. The Balaban J connectivity index is 1.77. The summed E-state index contributed by atoms with van der Waals surface area (Å²) in [4.78, 5) is 28.3. The average molecular weight is 320 g/mol. The first-order valence-corrected chi connectivity index (χ1v) is 8.42. The molecule has 2 rings (SSSR count). The number of piperidine rings is 1. The van der Waals surface area contributed by atoms with Gasteiger partial charge in [-0.25, -0.2) is 0 Å². The van der Waals surface area contributed by atoms with Gasteiger partial charge < -0.3 is 9.80 Å². The van der Waals surface area contributed by atoms with Gasteiger partial charge in [-0.15, -0.1) is 0 Å². The SMILES string of the molecule is Cc1cnn(CCC(=O)N2CCC(C(=O)N(C)C(C)C)CC2)c1. The Morgan fingerprint density at radius 1 is 1.35 bits per heavy atom. The second kappa shape index (κ2) is 7.62. The molecule has 0 saturated carbocycles. The maximum atomic E-state index is 12.3. The van der Waals surface area contributed by atoms with Gasteiger partial charge >= 0.3 is 0 Å². The van der Waals surface area contributed by atoms with Gasteiger partial charge in [0.05, 0.1) is 6.20 Å². The number of nitrogens with zero attached hydrogens (tertiary/aromatic N) is 4. The lowest BCUT2D eigenvalue weighted by molar-refractivity contribution is -0.141. The fraction of sp³-hybridized carbons (Fsp3) is 0.706. The molecule has 0 aliphatic carbocycles. The van der Waals surface area contributed by atoms with Gasteiger partial charge in [0.15, 0.2) is 0 Å². The minimum Gasteiger partial charge on any atom is -0.343 e. The molecule has 23 heavy (non-hydrogen) atoms. The maximum absolute atomic E-state index is 12.3. The van der Waals surface area contributed by atoms with Crippen molar-refractivity contribution in [3.05, 3.63) is 18.0 Å². The Morgan fingerprint density at radius 3 is 2.52 bits per heavy atom. The molecule has 0 spiro atoms. The molecule has 0 bridgehead atoms. The van der Waals surface area contributed by atoms with Crippen molar-refractivity contribution in [3.63, 3.8) is 0 Å². The number of rotatable bonds is 5. The highest BCUT2D eigenvalue weighted by molar-refractivity contribution is 5.80. The van der Waals surface area contributed by atoms with Crippen molar-refractivity contribution in [1.29, 1.82) is 0 Å². The van der Waals surface area contributed by atoms with Crippen molar-refractivity contribution >= 4 is 11.8 Å². The van der Waals surface area contributed by atoms with Crippen molar-refractivity contribution in [2.75, 3.05) is 20.1 Å². The molecule has 0 N–H and O–H groups in total. The van der Waals surface area contributed by atoms with E-state index >= 15 is 0 Å². The number of aromatic nitrogens is 2. The molecule has 1 fully saturated rings. The summed E-state index contributed by atoms with van der Waals surface area (Å²) in [5.74, 6) is 0.417. The van der Waals surface area contributed by atoms with Gasteiger partial charge in [0.1, 0.15) is 0 Å². The van der Waals surface area contributed by atoms with Gasteiger partial charge in [-0.2, -0.15) is 5.10 Å². The largest absolute Gasteiger partial charge is 0.343 e. The summed E-state index contributed by atoms with van der Waals surface area (Å²) in [6, 6.07) is 0.222. The Labute approximate surface area is 138 Å². The Hall–Kier alpha value is -1.85. The van der Waals surface area contributed by atoms with Crippen molar-refractivity contribution in [1.82, 2.24) is 19.6 Å². The molecule has 6 nitrogen and oxygen atoms in total. The van der Waals surface area contributed by atoms with Crippen molar-refractivity contribution in [2.45, 2.75) is 52.6 Å². The van der Waals surface area contributed by atoms with Crippen LogP contribution in [0, 0.1) is 12.8 Å². The second-order valence-corrected chi connectivity index (χ2v) is 6.73. The van der Waals surface area contributed by atoms with E-state index in [-0.39, 0.29) is 23.8 Å². The van der Waals surface area contributed by atoms with Crippen LogP contribution in [0.5, 0.6) is 0 Å². The minimum absolute atomic E-state index is 0.0558. The number of hydrogen-bond acceptors (Lipinski definition) is 3. The van der Waals surface area contributed by atoms with Crippen LogP contribution in [0.3, 0.4) is 0 Å². The Bertz CT molecular complexity index is 545. The van der Waals surface area contributed by atoms with Gasteiger partial charge in [0, 0.05) is 51.3 Å². The number of amides is 2. The third kappa shape index (κ3) is 4.56. The van der Waals surface area contributed by atoms with E-state index in [1.165, 1.54) is 0 Å². The van der Waals surface area contributed by atoms with Crippen molar-refractivity contribution in [2.24, 2.45) is 5.92 Å². The fourth-order valence-corrected chi connectivity index (χ4v) is 2.88. The van der Waals surface area contributed by atoms with Gasteiger partial charge in [-0.05, 0) is 39.2 Å². The molecule has 1 aromatic heterocycles. The summed E-state index contributed by atoms with van der Waals surface area (Å²) in [5.41, 5.74) is 1.10.